The highest BCUT2D eigenvalue weighted by molar-refractivity contribution is 7.92. The first-order chi connectivity index (χ1) is 13.4. The van der Waals surface area contributed by atoms with Crippen LogP contribution in [-0.2, 0) is 19.6 Å². The van der Waals surface area contributed by atoms with E-state index in [1.165, 1.54) is 9.21 Å². The van der Waals surface area contributed by atoms with Crippen LogP contribution in [0.1, 0.15) is 43.4 Å². The Balaban J connectivity index is 1.89. The summed E-state index contributed by atoms with van der Waals surface area (Å²) < 4.78 is 26.4. The second-order valence-corrected chi connectivity index (χ2v) is 9.75. The molecule has 3 amide bonds. The van der Waals surface area contributed by atoms with Gasteiger partial charge in [0.05, 0.1) is 0 Å². The van der Waals surface area contributed by atoms with Gasteiger partial charge in [0.1, 0.15) is 11.3 Å². The average Bonchev–Trinajstić information content (AvgIpc) is 2.81. The minimum atomic E-state index is -3.62. The second-order valence-electron chi connectivity index (χ2n) is 7.93. The number of urea groups is 1. The van der Waals surface area contributed by atoms with Crippen LogP contribution in [0.5, 0.6) is 0 Å². The highest BCUT2D eigenvalue weighted by Gasteiger charge is 2.46. The number of carbonyl (C=O) groups excluding carboxylic acids is 3. The summed E-state index contributed by atoms with van der Waals surface area (Å²) in [6.07, 6.45) is 2.03. The van der Waals surface area contributed by atoms with Crippen molar-refractivity contribution >= 4 is 39.5 Å². The maximum atomic E-state index is 12.6. The number of rotatable bonds is 4. The van der Waals surface area contributed by atoms with E-state index in [0.29, 0.717) is 5.69 Å². The number of carbonyl (C=O) groups is 3. The van der Waals surface area contributed by atoms with Crippen molar-refractivity contribution in [2.75, 3.05) is 18.0 Å². The molecule has 0 bridgehead atoms. The molecule has 1 aromatic rings. The van der Waals surface area contributed by atoms with Crippen molar-refractivity contribution in [1.82, 2.24) is 9.62 Å². The van der Waals surface area contributed by atoms with Gasteiger partial charge in [0.2, 0.25) is 10.0 Å². The summed E-state index contributed by atoms with van der Waals surface area (Å²) in [7, 11) is -3.62. The first-order valence-corrected chi connectivity index (χ1v) is 10.9. The predicted octanol–water partition coefficient (Wildman–Crippen LogP) is 2.10. The molecule has 0 atom stereocenters. The number of anilines is 1. The van der Waals surface area contributed by atoms with Crippen LogP contribution in [0.3, 0.4) is 0 Å². The van der Waals surface area contributed by atoms with E-state index in [0.717, 1.165) is 22.1 Å². The van der Waals surface area contributed by atoms with Crippen molar-refractivity contribution in [3.8, 4) is 0 Å². The normalized spacial score (nSPS) is 20.6. The molecule has 0 aliphatic carbocycles. The Morgan fingerprint density at radius 2 is 1.59 bits per heavy atom. The minimum absolute atomic E-state index is 0.0788. The fraction of sp³-hybridized carbons (Fsp3) is 0.450. The molecule has 2 aliphatic rings. The van der Waals surface area contributed by atoms with E-state index in [9.17, 15) is 22.8 Å². The van der Waals surface area contributed by atoms with Gasteiger partial charge in [-0.2, -0.15) is 4.31 Å². The zero-order valence-electron chi connectivity index (χ0n) is 17.0. The zero-order valence-corrected chi connectivity index (χ0v) is 17.8. The highest BCUT2D eigenvalue weighted by atomic mass is 32.2. The van der Waals surface area contributed by atoms with Gasteiger partial charge in [0, 0.05) is 37.0 Å². The molecule has 2 aliphatic heterocycles. The molecule has 0 spiro atoms. The third kappa shape index (κ3) is 3.97. The Hall–Kier alpha value is -2.52. The number of hydrogen-bond donors (Lipinski definition) is 1. The Morgan fingerprint density at radius 3 is 2.07 bits per heavy atom. The monoisotopic (exact) mass is 419 g/mol. The summed E-state index contributed by atoms with van der Waals surface area (Å²) in [5, 5.41) is 3.48. The molecule has 3 rings (SSSR count). The van der Waals surface area contributed by atoms with Crippen LogP contribution in [0, 0.1) is 13.8 Å². The summed E-state index contributed by atoms with van der Waals surface area (Å²) in [5.74, 6) is -0.289. The van der Waals surface area contributed by atoms with Gasteiger partial charge >= 0.3 is 6.03 Å². The van der Waals surface area contributed by atoms with Gasteiger partial charge in [-0.25, -0.2) is 13.2 Å². The Morgan fingerprint density at radius 1 is 1.03 bits per heavy atom. The Bertz CT molecular complexity index is 994. The maximum absolute atomic E-state index is 12.6. The summed E-state index contributed by atoms with van der Waals surface area (Å²) in [6.45, 7) is 7.39. The number of aryl methyl sites for hydroxylation is 2. The number of hydrogen-bond acceptors (Lipinski definition) is 5. The number of nitrogens with one attached hydrogen (secondary N) is 1. The van der Waals surface area contributed by atoms with Crippen molar-refractivity contribution < 1.29 is 22.8 Å². The maximum Gasteiger partial charge on any atom is 0.329 e. The van der Waals surface area contributed by atoms with Gasteiger partial charge in [-0.3, -0.25) is 19.8 Å². The second kappa shape index (κ2) is 7.38. The molecule has 8 nitrogen and oxygen atoms in total. The van der Waals surface area contributed by atoms with Gasteiger partial charge in [-0.05, 0) is 62.6 Å². The van der Waals surface area contributed by atoms with Gasteiger partial charge < -0.3 is 0 Å². The highest BCUT2D eigenvalue weighted by Crippen LogP contribution is 2.32. The van der Waals surface area contributed by atoms with E-state index in [1.807, 2.05) is 13.8 Å². The van der Waals surface area contributed by atoms with Crippen molar-refractivity contribution in [3.05, 3.63) is 34.2 Å². The van der Waals surface area contributed by atoms with Crippen molar-refractivity contribution in [2.24, 2.45) is 0 Å². The van der Waals surface area contributed by atoms with Gasteiger partial charge in [0.25, 0.3) is 5.91 Å². The van der Waals surface area contributed by atoms with Crippen LogP contribution in [-0.4, -0.2) is 49.1 Å². The molecule has 0 unspecified atom stereocenters. The lowest BCUT2D eigenvalue weighted by Gasteiger charge is -2.29. The molecule has 156 valence electrons. The molecule has 1 aromatic carbocycles. The van der Waals surface area contributed by atoms with Gasteiger partial charge in [-0.15, -0.1) is 0 Å². The number of piperidine rings is 1. The van der Waals surface area contributed by atoms with Crippen LogP contribution in [0.2, 0.25) is 0 Å². The molecule has 9 heteroatoms. The average molecular weight is 420 g/mol. The molecule has 1 N–H and O–H groups in total. The SMILES string of the molecule is Cc1cc(N2C(=O)NC(=O)C2(C)C)cc(C)c1C=CS(=O)(=O)N1CCC(=O)CC1. The Labute approximate surface area is 170 Å². The molecule has 2 fully saturated rings. The van der Waals surface area contributed by atoms with E-state index in [4.69, 9.17) is 0 Å². The zero-order chi connectivity index (χ0) is 21.6. The molecule has 2 saturated heterocycles. The molecule has 29 heavy (non-hydrogen) atoms. The molecular weight excluding hydrogens is 394 g/mol. The third-order valence-electron chi connectivity index (χ3n) is 5.42. The Kier molecular flexibility index (Phi) is 5.40. The van der Waals surface area contributed by atoms with Crippen LogP contribution in [0.25, 0.3) is 6.08 Å². The largest absolute Gasteiger partial charge is 0.329 e. The number of benzene rings is 1. The first-order valence-electron chi connectivity index (χ1n) is 9.40. The summed E-state index contributed by atoms with van der Waals surface area (Å²) >= 11 is 0. The van der Waals surface area contributed by atoms with E-state index < -0.39 is 21.6 Å². The quantitative estimate of drug-likeness (QED) is 0.753. The van der Waals surface area contributed by atoms with Crippen LogP contribution < -0.4 is 10.2 Å². The third-order valence-corrected chi connectivity index (χ3v) is 6.99. The fourth-order valence-corrected chi connectivity index (χ4v) is 4.85. The van der Waals surface area contributed by atoms with E-state index in [2.05, 4.69) is 5.32 Å². The smallest absolute Gasteiger partial charge is 0.300 e. The van der Waals surface area contributed by atoms with Crippen molar-refractivity contribution in [3.63, 3.8) is 0 Å². The van der Waals surface area contributed by atoms with Crippen LogP contribution in [0.15, 0.2) is 17.5 Å². The van der Waals surface area contributed by atoms with Crippen molar-refractivity contribution in [1.29, 1.82) is 0 Å². The standard InChI is InChI=1S/C20H25N3O5S/c1-13-11-15(23-19(26)21-18(25)20(23,3)4)12-14(2)17(13)7-10-29(27,28)22-8-5-16(24)6-9-22/h7,10-12H,5-6,8-9H2,1-4H3,(H,21,25,26). The lowest BCUT2D eigenvalue weighted by molar-refractivity contribution is -0.122. The molecular formula is C20H25N3O5S. The summed E-state index contributed by atoms with van der Waals surface area (Å²) in [4.78, 5) is 37.0. The van der Waals surface area contributed by atoms with Gasteiger partial charge in [-0.1, -0.05) is 0 Å². The van der Waals surface area contributed by atoms with E-state index in [1.54, 1.807) is 32.1 Å². The summed E-state index contributed by atoms with van der Waals surface area (Å²) in [6, 6.07) is 3.04. The summed E-state index contributed by atoms with van der Waals surface area (Å²) in [5.41, 5.74) is 1.85. The lowest BCUT2D eigenvalue weighted by atomic mass is 9.98. The first kappa shape index (κ1) is 21.2. The molecule has 0 aromatic heterocycles. The number of ketones is 1. The van der Waals surface area contributed by atoms with E-state index in [-0.39, 0.29) is 37.6 Å². The van der Waals surface area contributed by atoms with Crippen LogP contribution in [0.4, 0.5) is 10.5 Å². The van der Waals surface area contributed by atoms with Crippen LogP contribution >= 0.6 is 0 Å². The minimum Gasteiger partial charge on any atom is -0.300 e. The molecule has 2 heterocycles. The number of nitrogens with zero attached hydrogens (tertiary/aromatic N) is 2. The number of amides is 3. The molecule has 0 radical (unpaired) electrons. The lowest BCUT2D eigenvalue weighted by Crippen LogP contribution is -2.44. The number of Topliss-reactive ketones (excluding diaryl/α,β-unsaturated/α-hetero) is 1. The van der Waals surface area contributed by atoms with Crippen molar-refractivity contribution in [2.45, 2.75) is 46.1 Å². The fourth-order valence-electron chi connectivity index (χ4n) is 3.68. The number of sulfonamides is 1. The molecule has 0 saturated carbocycles. The number of imide groups is 1. The predicted molar refractivity (Wildman–Crippen MR) is 110 cm³/mol. The topological polar surface area (TPSA) is 104 Å². The van der Waals surface area contributed by atoms with E-state index >= 15 is 0 Å². The van der Waals surface area contributed by atoms with Gasteiger partial charge in [0.15, 0.2) is 0 Å².